The van der Waals surface area contributed by atoms with Gasteiger partial charge in [0.05, 0.1) is 10.4 Å². The topological polar surface area (TPSA) is 58.8 Å². The summed E-state index contributed by atoms with van der Waals surface area (Å²) in [6, 6.07) is 20.5. The summed E-state index contributed by atoms with van der Waals surface area (Å²) in [6.45, 7) is 0. The van der Waals surface area contributed by atoms with Crippen molar-refractivity contribution in [3.05, 3.63) is 85.2 Å². The molecule has 0 atom stereocenters. The van der Waals surface area contributed by atoms with Crippen molar-refractivity contribution < 1.29 is 13.5 Å². The van der Waals surface area contributed by atoms with Gasteiger partial charge in [-0.15, -0.1) is 0 Å². The van der Waals surface area contributed by atoms with Crippen molar-refractivity contribution in [3.8, 4) is 16.9 Å². The zero-order valence-corrected chi connectivity index (χ0v) is 14.0. The predicted octanol–water partition coefficient (Wildman–Crippen LogP) is 4.14. The number of phenols is 1. The number of aromatic hydroxyl groups is 1. The maximum Gasteiger partial charge on any atom is 0.209 e. The number of rotatable bonds is 3. The van der Waals surface area contributed by atoms with Gasteiger partial charge in [0, 0.05) is 18.0 Å². The number of fused-ring (bicyclic) bond motifs is 1. The summed E-state index contributed by atoms with van der Waals surface area (Å²) in [5.41, 5.74) is 2.11. The normalized spacial score (nSPS) is 11.7. The quantitative estimate of drug-likeness (QED) is 0.605. The highest BCUT2D eigenvalue weighted by Gasteiger charge is 2.26. The van der Waals surface area contributed by atoms with E-state index in [2.05, 4.69) is 0 Å². The van der Waals surface area contributed by atoms with E-state index in [-0.39, 0.29) is 15.5 Å². The number of sulfone groups is 1. The van der Waals surface area contributed by atoms with Crippen molar-refractivity contribution in [2.24, 2.45) is 0 Å². The van der Waals surface area contributed by atoms with Crippen LogP contribution in [0.15, 0.2) is 95.0 Å². The van der Waals surface area contributed by atoms with Crippen LogP contribution in [0.2, 0.25) is 0 Å². The number of hydrogen-bond acceptors (Lipinski definition) is 3. The van der Waals surface area contributed by atoms with E-state index in [1.54, 1.807) is 6.07 Å². The van der Waals surface area contributed by atoms with Gasteiger partial charge in [-0.25, -0.2) is 8.42 Å². The monoisotopic (exact) mass is 349 g/mol. The number of aromatic nitrogens is 1. The second kappa shape index (κ2) is 5.79. The van der Waals surface area contributed by atoms with Crippen LogP contribution in [0.5, 0.6) is 5.75 Å². The first-order valence-corrected chi connectivity index (χ1v) is 9.25. The fourth-order valence-corrected chi connectivity index (χ4v) is 4.58. The van der Waals surface area contributed by atoms with Crippen LogP contribution in [0.1, 0.15) is 0 Å². The minimum Gasteiger partial charge on any atom is -0.508 e. The molecule has 2 heterocycles. The summed E-state index contributed by atoms with van der Waals surface area (Å²) in [5.74, 6) is 0.0315. The standard InChI is InChI=1S/C20H15NO3S/c22-16-9-11-17(12-10-16)25(23,24)20-18(15-6-2-1-3-7-15)14-21-13-5-4-8-19(20)21/h1-14,22H. The van der Waals surface area contributed by atoms with Crippen molar-refractivity contribution in [2.75, 3.05) is 0 Å². The van der Waals surface area contributed by atoms with Crippen LogP contribution in [0.4, 0.5) is 0 Å². The summed E-state index contributed by atoms with van der Waals surface area (Å²) in [5, 5.41) is 9.46. The molecule has 0 radical (unpaired) electrons. The van der Waals surface area contributed by atoms with Crippen LogP contribution in [0.3, 0.4) is 0 Å². The second-order valence-corrected chi connectivity index (χ2v) is 7.61. The molecule has 0 aliphatic heterocycles. The Morgan fingerprint density at radius 3 is 2.20 bits per heavy atom. The van der Waals surface area contributed by atoms with Gasteiger partial charge >= 0.3 is 0 Å². The molecule has 0 bridgehead atoms. The van der Waals surface area contributed by atoms with E-state index in [0.29, 0.717) is 11.1 Å². The maximum atomic E-state index is 13.3. The molecule has 0 amide bonds. The molecule has 124 valence electrons. The number of benzene rings is 2. The van der Waals surface area contributed by atoms with Crippen LogP contribution in [-0.2, 0) is 9.84 Å². The average Bonchev–Trinajstić information content (AvgIpc) is 3.03. The van der Waals surface area contributed by atoms with Gasteiger partial charge in [0.25, 0.3) is 0 Å². The molecule has 0 unspecified atom stereocenters. The molecule has 0 aliphatic carbocycles. The smallest absolute Gasteiger partial charge is 0.209 e. The third-order valence-electron chi connectivity index (χ3n) is 4.14. The number of nitrogens with zero attached hydrogens (tertiary/aromatic N) is 1. The van der Waals surface area contributed by atoms with Crippen molar-refractivity contribution in [3.63, 3.8) is 0 Å². The third-order valence-corrected chi connectivity index (χ3v) is 6.00. The average molecular weight is 349 g/mol. The molecule has 4 nitrogen and oxygen atoms in total. The summed E-state index contributed by atoms with van der Waals surface area (Å²) < 4.78 is 28.5. The highest BCUT2D eigenvalue weighted by molar-refractivity contribution is 7.91. The molecule has 2 aromatic carbocycles. The minimum absolute atomic E-state index is 0.0315. The molecular formula is C20H15NO3S. The van der Waals surface area contributed by atoms with Gasteiger partial charge in [-0.05, 0) is 42.0 Å². The molecule has 0 fully saturated rings. The third kappa shape index (κ3) is 2.58. The van der Waals surface area contributed by atoms with E-state index >= 15 is 0 Å². The lowest BCUT2D eigenvalue weighted by Crippen LogP contribution is -2.03. The Morgan fingerprint density at radius 2 is 1.48 bits per heavy atom. The van der Waals surface area contributed by atoms with Crippen molar-refractivity contribution in [2.45, 2.75) is 9.79 Å². The highest BCUT2D eigenvalue weighted by atomic mass is 32.2. The van der Waals surface area contributed by atoms with E-state index in [1.807, 2.05) is 59.3 Å². The van der Waals surface area contributed by atoms with Crippen LogP contribution in [0, 0.1) is 0 Å². The fourth-order valence-electron chi connectivity index (χ4n) is 2.95. The molecule has 5 heteroatoms. The lowest BCUT2D eigenvalue weighted by atomic mass is 10.1. The van der Waals surface area contributed by atoms with E-state index in [4.69, 9.17) is 0 Å². The Kier molecular flexibility index (Phi) is 3.58. The second-order valence-electron chi connectivity index (χ2n) is 5.73. The maximum absolute atomic E-state index is 13.3. The summed E-state index contributed by atoms with van der Waals surface area (Å²) in [4.78, 5) is 0.421. The van der Waals surface area contributed by atoms with E-state index < -0.39 is 9.84 Å². The predicted molar refractivity (Wildman–Crippen MR) is 96.4 cm³/mol. The molecule has 0 spiro atoms. The summed E-state index contributed by atoms with van der Waals surface area (Å²) in [6.07, 6.45) is 3.66. The van der Waals surface area contributed by atoms with Gasteiger partial charge in [0.1, 0.15) is 10.6 Å². The van der Waals surface area contributed by atoms with Gasteiger partial charge in [-0.1, -0.05) is 36.4 Å². The van der Waals surface area contributed by atoms with Gasteiger partial charge in [-0.2, -0.15) is 0 Å². The lowest BCUT2D eigenvalue weighted by molar-refractivity contribution is 0.475. The molecule has 25 heavy (non-hydrogen) atoms. The van der Waals surface area contributed by atoms with Crippen LogP contribution >= 0.6 is 0 Å². The Labute approximate surface area is 145 Å². The zero-order valence-electron chi connectivity index (χ0n) is 13.2. The molecule has 2 aromatic heterocycles. The zero-order chi connectivity index (χ0) is 17.4. The minimum atomic E-state index is -3.75. The lowest BCUT2D eigenvalue weighted by Gasteiger charge is -2.08. The van der Waals surface area contributed by atoms with Crippen molar-refractivity contribution in [1.82, 2.24) is 4.40 Å². The summed E-state index contributed by atoms with van der Waals surface area (Å²) in [7, 11) is -3.75. The van der Waals surface area contributed by atoms with E-state index in [0.717, 1.165) is 5.56 Å². The van der Waals surface area contributed by atoms with Crippen LogP contribution in [0.25, 0.3) is 16.6 Å². The van der Waals surface area contributed by atoms with Gasteiger partial charge in [0.2, 0.25) is 9.84 Å². The van der Waals surface area contributed by atoms with Crippen molar-refractivity contribution >= 4 is 15.4 Å². The molecule has 4 rings (SSSR count). The Bertz CT molecular complexity index is 1140. The number of phenolic OH excluding ortho intramolecular Hbond substituents is 1. The molecule has 4 aromatic rings. The fraction of sp³-hybridized carbons (Fsp3) is 0. The first-order valence-electron chi connectivity index (χ1n) is 7.76. The molecule has 0 saturated carbocycles. The molecule has 0 saturated heterocycles. The molecular weight excluding hydrogens is 334 g/mol. The first kappa shape index (κ1) is 15.5. The van der Waals surface area contributed by atoms with E-state index in [9.17, 15) is 13.5 Å². The largest absolute Gasteiger partial charge is 0.508 e. The number of hydrogen-bond donors (Lipinski definition) is 1. The SMILES string of the molecule is O=S(=O)(c1ccc(O)cc1)c1c(-c2ccccc2)cn2ccccc12. The van der Waals surface area contributed by atoms with Gasteiger partial charge in [0.15, 0.2) is 0 Å². The molecule has 1 N–H and O–H groups in total. The van der Waals surface area contributed by atoms with E-state index in [1.165, 1.54) is 24.3 Å². The molecule has 0 aliphatic rings. The Balaban J connectivity index is 2.05. The summed E-state index contributed by atoms with van der Waals surface area (Å²) >= 11 is 0. The van der Waals surface area contributed by atoms with Crippen LogP contribution < -0.4 is 0 Å². The Morgan fingerprint density at radius 1 is 0.800 bits per heavy atom. The highest BCUT2D eigenvalue weighted by Crippen LogP contribution is 2.36. The number of pyridine rings is 1. The Hall–Kier alpha value is -3.05. The van der Waals surface area contributed by atoms with Gasteiger partial charge in [-0.3, -0.25) is 0 Å². The van der Waals surface area contributed by atoms with Crippen molar-refractivity contribution in [1.29, 1.82) is 0 Å². The van der Waals surface area contributed by atoms with Crippen LogP contribution in [-0.4, -0.2) is 17.9 Å². The van der Waals surface area contributed by atoms with Gasteiger partial charge < -0.3 is 9.51 Å². The first-order chi connectivity index (χ1) is 12.1.